The molecule has 0 saturated heterocycles. The molecule has 1 nitrogen and oxygen atoms in total. The number of rotatable bonds is 8. The molecular weight excluding hydrogens is 719 g/mol. The van der Waals surface area contributed by atoms with Crippen LogP contribution in [0.4, 0.5) is 0 Å². The van der Waals surface area contributed by atoms with E-state index in [1.165, 1.54) is 77.2 Å². The van der Waals surface area contributed by atoms with Crippen LogP contribution in [0.5, 0.6) is 0 Å². The number of hydrogen-bond donors (Lipinski definition) is 0. The minimum absolute atomic E-state index is 0.100. The Morgan fingerprint density at radius 3 is 2.03 bits per heavy atom. The SMILES string of the molecule is C=C/C=C(\C=C)c1ccc(C(C)N=C)cc1.CC1=CCC(C)(c2cccc3sc4ccccc4c23)C=C1.CCCC.Cc1ccc(-c2cccc3ccccc23)cc1. The van der Waals surface area contributed by atoms with Crippen molar-refractivity contribution < 1.29 is 0 Å². The molecule has 0 aliphatic heterocycles. The maximum Gasteiger partial charge on any atom is 0.0713 e. The van der Waals surface area contributed by atoms with Crippen molar-refractivity contribution in [3.8, 4) is 11.1 Å². The Balaban J connectivity index is 0.000000160. The first kappa shape index (κ1) is 43.3. The second kappa shape index (κ2) is 21.1. The van der Waals surface area contributed by atoms with E-state index < -0.39 is 0 Å². The van der Waals surface area contributed by atoms with Crippen LogP contribution in [0.1, 0.15) is 82.2 Å². The molecule has 0 amide bonds. The van der Waals surface area contributed by atoms with Crippen molar-refractivity contribution >= 4 is 54.6 Å². The lowest BCUT2D eigenvalue weighted by Gasteiger charge is -2.29. The fourth-order valence-corrected chi connectivity index (χ4v) is 8.09. The first-order valence-corrected chi connectivity index (χ1v) is 21.3. The molecule has 7 aromatic rings. The number of unbranched alkanes of at least 4 members (excludes halogenated alkanes) is 1. The number of aliphatic imine (C=N–C) groups is 1. The Morgan fingerprint density at radius 2 is 1.40 bits per heavy atom. The second-order valence-electron chi connectivity index (χ2n) is 15.1. The normalized spacial score (nSPS) is 15.1. The van der Waals surface area contributed by atoms with Gasteiger partial charge in [-0.05, 0) is 90.2 Å². The summed E-state index contributed by atoms with van der Waals surface area (Å²) < 4.78 is 2.78. The Labute approximate surface area is 352 Å². The average molecular weight is 778 g/mol. The van der Waals surface area contributed by atoms with Crippen LogP contribution in [0, 0.1) is 6.92 Å². The van der Waals surface area contributed by atoms with Gasteiger partial charge < -0.3 is 0 Å². The molecule has 0 spiro atoms. The molecule has 0 radical (unpaired) electrons. The van der Waals surface area contributed by atoms with E-state index in [1.54, 1.807) is 6.08 Å². The molecule has 294 valence electrons. The van der Waals surface area contributed by atoms with Gasteiger partial charge in [-0.2, -0.15) is 0 Å². The van der Waals surface area contributed by atoms with E-state index in [1.807, 2.05) is 30.4 Å². The standard InChI is InChI=1S/C20H18S.C17H14.C15H17N.C4H10/c1-14-10-12-20(2,13-11-14)16-7-5-9-18-19(16)15-6-3-4-8-17(15)21-18;1-13-9-11-15(12-10-13)17-8-4-6-14-5-2-3-7-16(14)17;1-5-7-13(6-2)15-10-8-14(9-11-15)12(3)16-4;1-3-4-2/h3-12H,13H2,1-2H3;2-12H,1H3;5-12H,1-2,4H2,3H3;3-4H2,1-2H3/b;;13-7+;. The van der Waals surface area contributed by atoms with Crippen LogP contribution in [0.3, 0.4) is 0 Å². The van der Waals surface area contributed by atoms with Gasteiger partial charge in [0, 0.05) is 25.6 Å². The zero-order valence-electron chi connectivity index (χ0n) is 35.3. The third-order valence-corrected chi connectivity index (χ3v) is 11.9. The van der Waals surface area contributed by atoms with Crippen molar-refractivity contribution in [1.29, 1.82) is 0 Å². The van der Waals surface area contributed by atoms with Gasteiger partial charge in [0.1, 0.15) is 0 Å². The summed E-state index contributed by atoms with van der Waals surface area (Å²) >= 11 is 1.90. The third-order valence-electron chi connectivity index (χ3n) is 10.7. The van der Waals surface area contributed by atoms with Crippen LogP contribution in [0.25, 0.3) is 47.6 Å². The number of benzene rings is 6. The zero-order chi connectivity index (χ0) is 41.5. The highest BCUT2D eigenvalue weighted by atomic mass is 32.1. The number of allylic oxidation sites excluding steroid dienone is 8. The van der Waals surface area contributed by atoms with Crippen molar-refractivity contribution in [3.05, 3.63) is 211 Å². The lowest BCUT2D eigenvalue weighted by atomic mass is 9.75. The van der Waals surface area contributed by atoms with Crippen molar-refractivity contribution in [1.82, 2.24) is 0 Å². The Bertz CT molecular complexity index is 2530. The lowest BCUT2D eigenvalue weighted by molar-refractivity contribution is 0.602. The monoisotopic (exact) mass is 777 g/mol. The van der Waals surface area contributed by atoms with Crippen LogP contribution in [-0.2, 0) is 5.41 Å². The van der Waals surface area contributed by atoms with E-state index in [4.69, 9.17) is 0 Å². The Kier molecular flexibility index (Phi) is 15.7. The predicted octanol–water partition coefficient (Wildman–Crippen LogP) is 17.0. The molecule has 8 rings (SSSR count). The summed E-state index contributed by atoms with van der Waals surface area (Å²) in [6, 6.07) is 47.6. The summed E-state index contributed by atoms with van der Waals surface area (Å²) in [6.45, 7) is 24.1. The molecule has 1 aromatic heterocycles. The second-order valence-corrected chi connectivity index (χ2v) is 16.2. The number of thiophene rings is 1. The van der Waals surface area contributed by atoms with E-state index in [9.17, 15) is 0 Å². The molecular formula is C56H59NS. The summed E-state index contributed by atoms with van der Waals surface area (Å²) in [5.74, 6) is 0. The first-order valence-electron chi connectivity index (χ1n) is 20.5. The minimum atomic E-state index is 0.100. The molecule has 2 unspecified atom stereocenters. The van der Waals surface area contributed by atoms with E-state index in [2.05, 4.69) is 211 Å². The quantitative estimate of drug-likeness (QED) is 0.108. The molecule has 1 heterocycles. The van der Waals surface area contributed by atoms with Gasteiger partial charge in [-0.15, -0.1) is 11.3 Å². The summed E-state index contributed by atoms with van der Waals surface area (Å²) in [7, 11) is 0. The fraction of sp³-hybridized carbons (Fsp3) is 0.196. The van der Waals surface area contributed by atoms with Crippen LogP contribution >= 0.6 is 11.3 Å². The van der Waals surface area contributed by atoms with E-state index >= 15 is 0 Å². The van der Waals surface area contributed by atoms with Gasteiger partial charge in [-0.25, -0.2) is 0 Å². The van der Waals surface area contributed by atoms with Crippen LogP contribution in [-0.4, -0.2) is 6.72 Å². The molecule has 6 aromatic carbocycles. The van der Waals surface area contributed by atoms with Gasteiger partial charge in [-0.3, -0.25) is 4.99 Å². The van der Waals surface area contributed by atoms with Gasteiger partial charge in [0.25, 0.3) is 0 Å². The topological polar surface area (TPSA) is 12.4 Å². The van der Waals surface area contributed by atoms with Crippen molar-refractivity contribution in [2.45, 2.75) is 72.3 Å². The number of hydrogen-bond acceptors (Lipinski definition) is 2. The molecule has 1 aliphatic carbocycles. The summed E-state index contributed by atoms with van der Waals surface area (Å²) in [5.41, 5.74) is 10.2. The van der Waals surface area contributed by atoms with Crippen LogP contribution in [0.2, 0.25) is 0 Å². The fourth-order valence-electron chi connectivity index (χ4n) is 6.95. The average Bonchev–Trinajstić information content (AvgIpc) is 3.66. The molecule has 2 heteroatoms. The lowest BCUT2D eigenvalue weighted by Crippen LogP contribution is -2.20. The smallest absolute Gasteiger partial charge is 0.0713 e. The first-order chi connectivity index (χ1) is 28.2. The molecule has 2 atom stereocenters. The number of aryl methyl sites for hydroxylation is 1. The van der Waals surface area contributed by atoms with Gasteiger partial charge >= 0.3 is 0 Å². The molecule has 1 aliphatic rings. The highest BCUT2D eigenvalue weighted by Crippen LogP contribution is 2.43. The maximum atomic E-state index is 3.99. The van der Waals surface area contributed by atoms with Crippen LogP contribution in [0.15, 0.2) is 194 Å². The minimum Gasteiger partial charge on any atom is -0.293 e. The molecule has 0 N–H and O–H groups in total. The molecule has 58 heavy (non-hydrogen) atoms. The summed E-state index contributed by atoms with van der Waals surface area (Å²) in [4.78, 5) is 3.99. The van der Waals surface area contributed by atoms with Gasteiger partial charge in [0.15, 0.2) is 0 Å². The predicted molar refractivity (Wildman–Crippen MR) is 262 cm³/mol. The maximum absolute atomic E-state index is 3.99. The largest absolute Gasteiger partial charge is 0.293 e. The van der Waals surface area contributed by atoms with E-state index in [0.29, 0.717) is 0 Å². The molecule has 0 fully saturated rings. The Morgan fingerprint density at radius 1 is 0.759 bits per heavy atom. The summed E-state index contributed by atoms with van der Waals surface area (Å²) in [6.07, 6.45) is 16.2. The summed E-state index contributed by atoms with van der Waals surface area (Å²) in [5, 5.41) is 5.46. The van der Waals surface area contributed by atoms with Crippen molar-refractivity contribution in [2.75, 3.05) is 0 Å². The van der Waals surface area contributed by atoms with Crippen molar-refractivity contribution in [2.24, 2.45) is 4.99 Å². The number of fused-ring (bicyclic) bond motifs is 4. The van der Waals surface area contributed by atoms with Gasteiger partial charge in [-0.1, -0.05) is 216 Å². The van der Waals surface area contributed by atoms with Crippen molar-refractivity contribution in [3.63, 3.8) is 0 Å². The highest BCUT2D eigenvalue weighted by Gasteiger charge is 2.27. The zero-order valence-corrected chi connectivity index (χ0v) is 36.2. The van der Waals surface area contributed by atoms with Crippen LogP contribution < -0.4 is 0 Å². The Hall–Kier alpha value is -5.83. The molecule has 0 saturated carbocycles. The van der Waals surface area contributed by atoms with E-state index in [0.717, 1.165) is 17.6 Å². The molecule has 0 bridgehead atoms. The highest BCUT2D eigenvalue weighted by molar-refractivity contribution is 7.25. The third kappa shape index (κ3) is 10.8. The van der Waals surface area contributed by atoms with Gasteiger partial charge in [0.05, 0.1) is 6.04 Å². The number of nitrogens with zero attached hydrogens (tertiary/aromatic N) is 1. The van der Waals surface area contributed by atoms with Gasteiger partial charge in [0.2, 0.25) is 0 Å². The van der Waals surface area contributed by atoms with E-state index in [-0.39, 0.29) is 11.5 Å².